The Morgan fingerprint density at radius 1 is 1.04 bits per heavy atom. The van der Waals surface area contributed by atoms with Crippen molar-refractivity contribution in [1.29, 1.82) is 0 Å². The van der Waals surface area contributed by atoms with E-state index in [-0.39, 0.29) is 12.5 Å². The molecule has 0 atom stereocenters. The molecule has 0 spiro atoms. The van der Waals surface area contributed by atoms with Gasteiger partial charge in [0.2, 0.25) is 5.91 Å². The summed E-state index contributed by atoms with van der Waals surface area (Å²) in [7, 11) is 0. The quantitative estimate of drug-likeness (QED) is 0.524. The van der Waals surface area contributed by atoms with Gasteiger partial charge in [0.15, 0.2) is 5.16 Å². The van der Waals surface area contributed by atoms with Crippen LogP contribution in [0.15, 0.2) is 64.6 Å². The molecule has 0 fully saturated rings. The van der Waals surface area contributed by atoms with Crippen LogP contribution in [0.2, 0.25) is 0 Å². The Morgan fingerprint density at radius 3 is 2.50 bits per heavy atom. The Balaban J connectivity index is 1.40. The highest BCUT2D eigenvalue weighted by molar-refractivity contribution is 7.99. The number of benzene rings is 2. The highest BCUT2D eigenvalue weighted by atomic mass is 32.2. The number of aromatic nitrogens is 5. The number of para-hydroxylation sites is 1. The Hall–Kier alpha value is -3.26. The fourth-order valence-electron chi connectivity index (χ4n) is 2.82. The lowest BCUT2D eigenvalue weighted by Gasteiger charge is -2.07. The van der Waals surface area contributed by atoms with Gasteiger partial charge in [-0.25, -0.2) is 14.6 Å². The Labute approximate surface area is 166 Å². The number of nitrogens with zero attached hydrogens (tertiary/aromatic N) is 5. The summed E-state index contributed by atoms with van der Waals surface area (Å²) in [6, 6.07) is 17.1. The van der Waals surface area contributed by atoms with E-state index in [1.54, 1.807) is 4.68 Å². The molecule has 0 saturated heterocycles. The topological polar surface area (TPSA) is 85.6 Å². The minimum atomic E-state index is -0.159. The lowest BCUT2D eigenvalue weighted by atomic mass is 10.3. The van der Waals surface area contributed by atoms with E-state index < -0.39 is 0 Å². The van der Waals surface area contributed by atoms with Crippen molar-refractivity contribution in [1.82, 2.24) is 25.0 Å². The zero-order chi connectivity index (χ0) is 19.5. The van der Waals surface area contributed by atoms with Crippen molar-refractivity contribution in [2.24, 2.45) is 0 Å². The third-order valence-electron chi connectivity index (χ3n) is 4.02. The Bertz CT molecular complexity index is 1120. The molecule has 1 N–H and O–H groups in total. The van der Waals surface area contributed by atoms with E-state index in [1.165, 1.54) is 11.8 Å². The Morgan fingerprint density at radius 2 is 1.75 bits per heavy atom. The number of carbonyl (C=O) groups is 1. The van der Waals surface area contributed by atoms with Gasteiger partial charge in [-0.3, -0.25) is 4.79 Å². The second-order valence-electron chi connectivity index (χ2n) is 6.34. The lowest BCUT2D eigenvalue weighted by Crippen LogP contribution is -2.19. The molecule has 4 rings (SSSR count). The van der Waals surface area contributed by atoms with Gasteiger partial charge in [0.05, 0.1) is 5.52 Å². The van der Waals surface area contributed by atoms with Crippen molar-refractivity contribution in [3.63, 3.8) is 0 Å². The summed E-state index contributed by atoms with van der Waals surface area (Å²) in [5, 5.41) is 11.7. The van der Waals surface area contributed by atoms with Crippen LogP contribution in [0.4, 0.5) is 5.69 Å². The summed E-state index contributed by atoms with van der Waals surface area (Å²) in [4.78, 5) is 22.2. The summed E-state index contributed by atoms with van der Waals surface area (Å²) < 4.78 is 1.59. The minimum absolute atomic E-state index is 0.105. The van der Waals surface area contributed by atoms with Crippen molar-refractivity contribution in [3.8, 4) is 0 Å². The van der Waals surface area contributed by atoms with Gasteiger partial charge in [-0.05, 0) is 68.1 Å². The van der Waals surface area contributed by atoms with Crippen molar-refractivity contribution < 1.29 is 4.79 Å². The van der Waals surface area contributed by atoms with Crippen LogP contribution >= 0.6 is 11.8 Å². The number of rotatable bonds is 5. The SMILES string of the molecule is Cc1cc(C)nc(Sc2ccc(NC(=O)Cn3nnc4ccccc43)cc2)n1. The van der Waals surface area contributed by atoms with E-state index in [9.17, 15) is 4.79 Å². The number of anilines is 1. The molecule has 4 aromatic rings. The molecule has 140 valence electrons. The van der Waals surface area contributed by atoms with Gasteiger partial charge in [-0.15, -0.1) is 5.10 Å². The number of nitrogens with one attached hydrogen (secondary N) is 1. The monoisotopic (exact) mass is 390 g/mol. The second-order valence-corrected chi connectivity index (χ2v) is 7.38. The van der Waals surface area contributed by atoms with Crippen LogP contribution in [0, 0.1) is 13.8 Å². The second kappa shape index (κ2) is 7.77. The van der Waals surface area contributed by atoms with E-state index in [0.29, 0.717) is 5.16 Å². The van der Waals surface area contributed by atoms with Crippen molar-refractivity contribution in [2.45, 2.75) is 30.4 Å². The van der Waals surface area contributed by atoms with Crippen LogP contribution < -0.4 is 5.32 Å². The highest BCUT2D eigenvalue weighted by Crippen LogP contribution is 2.26. The molecule has 0 aliphatic heterocycles. The summed E-state index contributed by atoms with van der Waals surface area (Å²) in [6.45, 7) is 4.01. The van der Waals surface area contributed by atoms with Gasteiger partial charge in [-0.1, -0.05) is 17.3 Å². The predicted molar refractivity (Wildman–Crippen MR) is 108 cm³/mol. The number of amides is 1. The molecule has 28 heavy (non-hydrogen) atoms. The molecular formula is C20H18N6OS. The van der Waals surface area contributed by atoms with Crippen molar-refractivity contribution in [3.05, 3.63) is 66.0 Å². The first-order valence-corrected chi connectivity index (χ1v) is 9.57. The van der Waals surface area contributed by atoms with Crippen LogP contribution in [0.25, 0.3) is 11.0 Å². The molecule has 0 aliphatic rings. The van der Waals surface area contributed by atoms with Crippen molar-refractivity contribution in [2.75, 3.05) is 5.32 Å². The molecule has 0 unspecified atom stereocenters. The maximum atomic E-state index is 12.3. The molecule has 0 aliphatic carbocycles. The maximum absolute atomic E-state index is 12.3. The zero-order valence-corrected chi connectivity index (χ0v) is 16.3. The van der Waals surface area contributed by atoms with Gasteiger partial charge < -0.3 is 5.32 Å². The molecule has 0 bridgehead atoms. The first-order chi connectivity index (χ1) is 13.6. The van der Waals surface area contributed by atoms with Crippen LogP contribution in [-0.4, -0.2) is 30.9 Å². The van der Waals surface area contributed by atoms with Gasteiger partial charge in [0.1, 0.15) is 12.1 Å². The molecule has 2 aromatic carbocycles. The summed E-state index contributed by atoms with van der Waals surface area (Å²) in [6.07, 6.45) is 0. The molecular weight excluding hydrogens is 372 g/mol. The van der Waals surface area contributed by atoms with Crippen molar-refractivity contribution >= 4 is 34.4 Å². The first-order valence-electron chi connectivity index (χ1n) is 8.75. The number of fused-ring (bicyclic) bond motifs is 1. The summed E-state index contributed by atoms with van der Waals surface area (Å²) in [5.41, 5.74) is 4.21. The van der Waals surface area contributed by atoms with Crippen LogP contribution in [0.5, 0.6) is 0 Å². The minimum Gasteiger partial charge on any atom is -0.324 e. The number of aryl methyl sites for hydroxylation is 2. The van der Waals surface area contributed by atoms with Crippen LogP contribution in [0.3, 0.4) is 0 Å². The third kappa shape index (κ3) is 4.17. The summed E-state index contributed by atoms with van der Waals surface area (Å²) in [5.74, 6) is -0.159. The van der Waals surface area contributed by atoms with Gasteiger partial charge in [0, 0.05) is 22.0 Å². The molecule has 2 heterocycles. The summed E-state index contributed by atoms with van der Waals surface area (Å²) >= 11 is 1.49. The predicted octanol–water partition coefficient (Wildman–Crippen LogP) is 3.63. The number of carbonyl (C=O) groups excluding carboxylic acids is 1. The van der Waals surface area contributed by atoms with Crippen LogP contribution in [0.1, 0.15) is 11.4 Å². The van der Waals surface area contributed by atoms with Crippen LogP contribution in [-0.2, 0) is 11.3 Å². The van der Waals surface area contributed by atoms with E-state index in [2.05, 4.69) is 25.6 Å². The molecule has 0 radical (unpaired) electrons. The number of hydrogen-bond acceptors (Lipinski definition) is 6. The van der Waals surface area contributed by atoms with Gasteiger partial charge in [0.25, 0.3) is 0 Å². The largest absolute Gasteiger partial charge is 0.324 e. The van der Waals surface area contributed by atoms with E-state index in [4.69, 9.17) is 0 Å². The molecule has 2 aromatic heterocycles. The average molecular weight is 390 g/mol. The molecule has 8 heteroatoms. The fraction of sp³-hybridized carbons (Fsp3) is 0.150. The van der Waals surface area contributed by atoms with E-state index in [1.807, 2.05) is 68.4 Å². The smallest absolute Gasteiger partial charge is 0.246 e. The average Bonchev–Trinajstić information content (AvgIpc) is 3.05. The highest BCUT2D eigenvalue weighted by Gasteiger charge is 2.09. The van der Waals surface area contributed by atoms with E-state index >= 15 is 0 Å². The third-order valence-corrected chi connectivity index (χ3v) is 4.90. The fourth-order valence-corrected chi connectivity index (χ4v) is 3.68. The normalized spacial score (nSPS) is 10.9. The lowest BCUT2D eigenvalue weighted by molar-refractivity contribution is -0.116. The molecule has 0 saturated carbocycles. The van der Waals surface area contributed by atoms with Gasteiger partial charge >= 0.3 is 0 Å². The number of hydrogen-bond donors (Lipinski definition) is 1. The standard InChI is InChI=1S/C20H18N6OS/c1-13-11-14(2)22-20(21-13)28-16-9-7-15(8-10-16)23-19(27)12-26-18-6-4-3-5-17(18)24-25-26/h3-11H,12H2,1-2H3,(H,23,27). The molecule has 7 nitrogen and oxygen atoms in total. The Kier molecular flexibility index (Phi) is 5.03. The van der Waals surface area contributed by atoms with E-state index in [0.717, 1.165) is 33.0 Å². The zero-order valence-electron chi connectivity index (χ0n) is 15.5. The molecule has 1 amide bonds. The first kappa shape index (κ1) is 18.1. The maximum Gasteiger partial charge on any atom is 0.246 e. The van der Waals surface area contributed by atoms with Gasteiger partial charge in [-0.2, -0.15) is 0 Å².